The van der Waals surface area contributed by atoms with Crippen LogP contribution in [0.25, 0.3) is 0 Å². The minimum absolute atomic E-state index is 0.324. The minimum Gasteiger partial charge on any atom is -0.465 e. The summed E-state index contributed by atoms with van der Waals surface area (Å²) in [5, 5.41) is 0.695. The summed E-state index contributed by atoms with van der Waals surface area (Å²) in [5.41, 5.74) is 0.578. The second-order valence-electron chi connectivity index (χ2n) is 3.69. The molecule has 0 aliphatic heterocycles. The predicted octanol–water partition coefficient (Wildman–Crippen LogP) is 4.88. The lowest BCUT2D eigenvalue weighted by molar-refractivity contribution is 0.0596. The van der Waals surface area contributed by atoms with Gasteiger partial charge in [-0.3, -0.25) is 0 Å². The Hall–Kier alpha value is -0.720. The summed E-state index contributed by atoms with van der Waals surface area (Å²) in [5.74, 6) is -0.324. The van der Waals surface area contributed by atoms with E-state index >= 15 is 0 Å². The number of esters is 1. The van der Waals surface area contributed by atoms with Crippen molar-refractivity contribution in [3.63, 3.8) is 0 Å². The van der Waals surface area contributed by atoms with Gasteiger partial charge in [-0.2, -0.15) is 0 Å². The molecule has 19 heavy (non-hydrogen) atoms. The van der Waals surface area contributed by atoms with Crippen molar-refractivity contribution in [2.75, 3.05) is 7.11 Å². The van der Waals surface area contributed by atoms with E-state index in [1.54, 1.807) is 0 Å². The fourth-order valence-electron chi connectivity index (χ4n) is 1.49. The van der Waals surface area contributed by atoms with Crippen molar-refractivity contribution < 1.29 is 9.53 Å². The van der Waals surface area contributed by atoms with Crippen LogP contribution in [0.1, 0.15) is 10.4 Å². The van der Waals surface area contributed by atoms with Crippen LogP contribution in [0, 0.1) is 3.57 Å². The Morgan fingerprint density at radius 2 is 1.89 bits per heavy atom. The molecule has 0 saturated heterocycles. The molecule has 2 rings (SSSR count). The summed E-state index contributed by atoms with van der Waals surface area (Å²) in [6.45, 7) is 0. The maximum Gasteiger partial charge on any atom is 0.339 e. The van der Waals surface area contributed by atoms with E-state index in [0.717, 1.165) is 13.4 Å². The van der Waals surface area contributed by atoms with Crippen LogP contribution in [-0.2, 0) is 4.74 Å². The molecule has 2 aromatic rings. The lowest BCUT2D eigenvalue weighted by Crippen LogP contribution is -2.03. The number of rotatable bonds is 3. The van der Waals surface area contributed by atoms with Gasteiger partial charge in [0.25, 0.3) is 0 Å². The van der Waals surface area contributed by atoms with Gasteiger partial charge in [0.15, 0.2) is 0 Å². The topological polar surface area (TPSA) is 26.3 Å². The molecule has 0 aliphatic carbocycles. The molecule has 0 atom stereocenters. The van der Waals surface area contributed by atoms with Crippen molar-refractivity contribution in [3.05, 3.63) is 56.6 Å². The third-order valence-electron chi connectivity index (χ3n) is 2.39. The highest BCUT2D eigenvalue weighted by molar-refractivity contribution is 14.1. The summed E-state index contributed by atoms with van der Waals surface area (Å²) in [7, 11) is 1.39. The lowest BCUT2D eigenvalue weighted by Gasteiger charge is -2.08. The first-order valence-corrected chi connectivity index (χ1v) is 7.69. The molecule has 2 nitrogen and oxygen atoms in total. The monoisotopic (exact) mass is 404 g/mol. The highest BCUT2D eigenvalue weighted by atomic mass is 127. The van der Waals surface area contributed by atoms with Crippen LogP contribution in [0.2, 0.25) is 5.02 Å². The van der Waals surface area contributed by atoms with Crippen LogP contribution in [-0.4, -0.2) is 13.1 Å². The number of benzene rings is 2. The minimum atomic E-state index is -0.324. The Morgan fingerprint density at radius 3 is 2.53 bits per heavy atom. The molecule has 0 saturated carbocycles. The molecule has 98 valence electrons. The summed E-state index contributed by atoms with van der Waals surface area (Å²) in [6.07, 6.45) is 0. The Bertz CT molecular complexity index is 599. The lowest BCUT2D eigenvalue weighted by atomic mass is 10.2. The van der Waals surface area contributed by atoms with E-state index < -0.39 is 0 Å². The normalized spacial score (nSPS) is 10.3. The van der Waals surface area contributed by atoms with Crippen LogP contribution >= 0.6 is 46.0 Å². The fraction of sp³-hybridized carbons (Fsp3) is 0.0714. The fourth-order valence-corrected chi connectivity index (χ4v) is 3.02. The van der Waals surface area contributed by atoms with E-state index in [9.17, 15) is 4.79 Å². The van der Waals surface area contributed by atoms with Crippen molar-refractivity contribution in [2.24, 2.45) is 0 Å². The number of halogens is 2. The molecule has 0 N–H and O–H groups in total. The highest BCUT2D eigenvalue weighted by Gasteiger charge is 2.13. The molecule has 0 radical (unpaired) electrons. The maximum absolute atomic E-state index is 11.8. The zero-order chi connectivity index (χ0) is 13.8. The van der Waals surface area contributed by atoms with Crippen molar-refractivity contribution in [1.82, 2.24) is 0 Å². The highest BCUT2D eigenvalue weighted by Crippen LogP contribution is 2.32. The van der Waals surface area contributed by atoms with Gasteiger partial charge in [-0.25, -0.2) is 4.79 Å². The Balaban J connectivity index is 2.34. The molecule has 2 aromatic carbocycles. The summed E-state index contributed by atoms with van der Waals surface area (Å²) in [6, 6.07) is 13.2. The quantitative estimate of drug-likeness (QED) is 0.538. The first-order valence-electron chi connectivity index (χ1n) is 5.41. The van der Waals surface area contributed by atoms with Crippen molar-refractivity contribution in [3.8, 4) is 0 Å². The molecule has 0 aromatic heterocycles. The van der Waals surface area contributed by atoms with Gasteiger partial charge in [-0.05, 0) is 65.1 Å². The van der Waals surface area contributed by atoms with Gasteiger partial charge >= 0.3 is 5.97 Å². The number of carbonyl (C=O) groups is 1. The molecular formula is C14H10ClIO2S. The van der Waals surface area contributed by atoms with Crippen LogP contribution in [0.5, 0.6) is 0 Å². The second-order valence-corrected chi connectivity index (χ2v) is 6.49. The summed E-state index contributed by atoms with van der Waals surface area (Å²) < 4.78 is 5.81. The van der Waals surface area contributed by atoms with Crippen LogP contribution < -0.4 is 0 Å². The molecule has 0 bridgehead atoms. The van der Waals surface area contributed by atoms with Crippen LogP contribution in [0.15, 0.2) is 52.3 Å². The molecular weight excluding hydrogens is 395 g/mol. The summed E-state index contributed by atoms with van der Waals surface area (Å²) in [4.78, 5) is 13.7. The Kier molecular flexibility index (Phi) is 5.13. The van der Waals surface area contributed by atoms with E-state index in [-0.39, 0.29) is 5.97 Å². The zero-order valence-electron chi connectivity index (χ0n) is 10.0. The first kappa shape index (κ1) is 14.7. The van der Waals surface area contributed by atoms with E-state index in [0.29, 0.717) is 10.6 Å². The molecule has 0 aliphatic rings. The molecule has 0 unspecified atom stereocenters. The van der Waals surface area contributed by atoms with E-state index in [1.807, 2.05) is 42.5 Å². The SMILES string of the molecule is COC(=O)c1cc(I)ccc1Sc1ccc(Cl)cc1. The standard InChI is InChI=1S/C14H10ClIO2S/c1-18-14(17)12-8-10(16)4-7-13(12)19-11-5-2-9(15)3-6-11/h2-8H,1H3. The third-order valence-corrected chi connectivity index (χ3v) is 4.40. The van der Waals surface area contributed by atoms with Crippen molar-refractivity contribution >= 4 is 51.9 Å². The van der Waals surface area contributed by atoms with Gasteiger partial charge in [-0.15, -0.1) is 0 Å². The largest absolute Gasteiger partial charge is 0.465 e. The van der Waals surface area contributed by atoms with E-state index in [4.69, 9.17) is 16.3 Å². The van der Waals surface area contributed by atoms with Crippen LogP contribution in [0.4, 0.5) is 0 Å². The zero-order valence-corrected chi connectivity index (χ0v) is 13.8. The Morgan fingerprint density at radius 1 is 1.21 bits per heavy atom. The molecule has 0 amide bonds. The number of ether oxygens (including phenoxy) is 1. The number of hydrogen-bond acceptors (Lipinski definition) is 3. The van der Waals surface area contributed by atoms with Gasteiger partial charge < -0.3 is 4.74 Å². The molecule has 0 spiro atoms. The van der Waals surface area contributed by atoms with E-state index in [2.05, 4.69) is 22.6 Å². The van der Waals surface area contributed by atoms with Crippen molar-refractivity contribution in [2.45, 2.75) is 9.79 Å². The number of hydrogen-bond donors (Lipinski definition) is 0. The van der Waals surface area contributed by atoms with Gasteiger partial charge in [0, 0.05) is 18.4 Å². The number of methoxy groups -OCH3 is 1. The van der Waals surface area contributed by atoms with Gasteiger partial charge in [0.2, 0.25) is 0 Å². The van der Waals surface area contributed by atoms with Crippen LogP contribution in [0.3, 0.4) is 0 Å². The Labute approximate surface area is 134 Å². The number of carbonyl (C=O) groups excluding carboxylic acids is 1. The molecule has 0 fully saturated rings. The van der Waals surface area contributed by atoms with Gasteiger partial charge in [0.05, 0.1) is 12.7 Å². The molecule has 0 heterocycles. The average molecular weight is 405 g/mol. The van der Waals surface area contributed by atoms with Gasteiger partial charge in [0.1, 0.15) is 0 Å². The van der Waals surface area contributed by atoms with Gasteiger partial charge in [-0.1, -0.05) is 23.4 Å². The first-order chi connectivity index (χ1) is 9.10. The predicted molar refractivity (Wildman–Crippen MR) is 86.1 cm³/mol. The smallest absolute Gasteiger partial charge is 0.339 e. The average Bonchev–Trinajstić information content (AvgIpc) is 2.42. The third kappa shape index (κ3) is 3.87. The van der Waals surface area contributed by atoms with E-state index in [1.165, 1.54) is 18.9 Å². The maximum atomic E-state index is 11.8. The van der Waals surface area contributed by atoms with Crippen molar-refractivity contribution in [1.29, 1.82) is 0 Å². The summed E-state index contributed by atoms with van der Waals surface area (Å²) >= 11 is 9.54. The molecule has 5 heteroatoms. The second kappa shape index (κ2) is 6.63.